The van der Waals surface area contributed by atoms with Crippen LogP contribution in [-0.4, -0.2) is 35.2 Å². The van der Waals surface area contributed by atoms with Crippen LogP contribution in [0.5, 0.6) is 0 Å². The molecule has 0 heterocycles. The Morgan fingerprint density at radius 1 is 1.04 bits per heavy atom. The Morgan fingerprint density at radius 2 is 1.52 bits per heavy atom. The third-order valence-electron chi connectivity index (χ3n) is 4.17. The Morgan fingerprint density at radius 3 is 1.96 bits per heavy atom. The summed E-state index contributed by atoms with van der Waals surface area (Å²) in [6.07, 6.45) is 2.33. The van der Waals surface area contributed by atoms with Crippen molar-refractivity contribution in [1.82, 2.24) is 4.72 Å². The van der Waals surface area contributed by atoms with Crippen molar-refractivity contribution in [2.75, 3.05) is 12.8 Å². The van der Waals surface area contributed by atoms with E-state index < -0.39 is 25.4 Å². The van der Waals surface area contributed by atoms with Gasteiger partial charge in [-0.3, -0.25) is 0 Å². The van der Waals surface area contributed by atoms with Crippen LogP contribution in [0.2, 0.25) is 0 Å². The maximum Gasteiger partial charge on any atom is 0.240 e. The van der Waals surface area contributed by atoms with Gasteiger partial charge < -0.3 is 5.73 Å². The number of rotatable bonds is 7. The highest BCUT2D eigenvalue weighted by Crippen LogP contribution is 2.25. The molecule has 1 rings (SSSR count). The highest BCUT2D eigenvalue weighted by molar-refractivity contribution is 7.91. The first kappa shape index (κ1) is 20.1. The van der Waals surface area contributed by atoms with E-state index in [1.165, 1.54) is 19.1 Å². The average molecular weight is 363 g/mol. The van der Waals surface area contributed by atoms with E-state index in [9.17, 15) is 16.8 Å². The summed E-state index contributed by atoms with van der Waals surface area (Å²) in [5.41, 5.74) is 6.30. The van der Waals surface area contributed by atoms with Crippen molar-refractivity contribution in [1.29, 1.82) is 0 Å². The van der Waals surface area contributed by atoms with Crippen LogP contribution in [0.4, 0.5) is 0 Å². The molecule has 0 aromatic heterocycles. The number of sulfone groups is 1. The van der Waals surface area contributed by atoms with Gasteiger partial charge in [-0.25, -0.2) is 21.6 Å². The van der Waals surface area contributed by atoms with Crippen molar-refractivity contribution in [3.63, 3.8) is 0 Å². The number of nitrogens with two attached hydrogens (primary N) is 1. The molecule has 0 unspecified atom stereocenters. The third-order valence-corrected chi connectivity index (χ3v) is 6.92. The number of nitrogens with one attached hydrogen (secondary N) is 1. The van der Waals surface area contributed by atoms with Gasteiger partial charge in [0.05, 0.1) is 9.79 Å². The summed E-state index contributed by atoms with van der Waals surface area (Å²) in [5, 5.41) is 0. The lowest BCUT2D eigenvalue weighted by Gasteiger charge is -2.27. The molecule has 0 bridgehead atoms. The topological polar surface area (TPSA) is 106 Å². The Labute approximate surface area is 139 Å². The molecule has 8 heteroatoms. The van der Waals surface area contributed by atoms with E-state index in [-0.39, 0.29) is 21.9 Å². The molecule has 1 aromatic carbocycles. The van der Waals surface area contributed by atoms with Crippen LogP contribution in [0.15, 0.2) is 21.9 Å². The van der Waals surface area contributed by atoms with Crippen LogP contribution in [0.25, 0.3) is 0 Å². The van der Waals surface area contributed by atoms with E-state index in [2.05, 4.69) is 4.72 Å². The lowest BCUT2D eigenvalue weighted by Crippen LogP contribution is -2.49. The lowest BCUT2D eigenvalue weighted by molar-refractivity contribution is 0.391. The maximum atomic E-state index is 12.6. The van der Waals surface area contributed by atoms with Gasteiger partial charge in [0.15, 0.2) is 9.84 Å². The van der Waals surface area contributed by atoms with Gasteiger partial charge in [-0.1, -0.05) is 13.8 Å². The van der Waals surface area contributed by atoms with Gasteiger partial charge in [-0.05, 0) is 49.9 Å². The largest absolute Gasteiger partial charge is 0.324 e. The van der Waals surface area contributed by atoms with Crippen molar-refractivity contribution in [2.45, 2.75) is 55.9 Å². The summed E-state index contributed by atoms with van der Waals surface area (Å²) >= 11 is 0. The first-order chi connectivity index (χ1) is 10.4. The molecule has 0 aliphatic carbocycles. The minimum Gasteiger partial charge on any atom is -0.324 e. The predicted molar refractivity (Wildman–Crippen MR) is 91.7 cm³/mol. The number of hydrogen-bond donors (Lipinski definition) is 2. The highest BCUT2D eigenvalue weighted by atomic mass is 32.2. The Bertz CT molecular complexity index is 780. The molecule has 0 saturated heterocycles. The predicted octanol–water partition coefficient (Wildman–Crippen LogP) is 1.50. The molecule has 6 nitrogen and oxygen atoms in total. The van der Waals surface area contributed by atoms with E-state index in [1.54, 1.807) is 6.92 Å². The monoisotopic (exact) mass is 362 g/mol. The zero-order valence-electron chi connectivity index (χ0n) is 14.3. The van der Waals surface area contributed by atoms with E-state index in [1.807, 2.05) is 13.8 Å². The van der Waals surface area contributed by atoms with E-state index in [0.29, 0.717) is 18.4 Å². The SMILES string of the molecule is CCC(N)(CC)CNS(=O)(=O)c1cc(C)cc(S(C)(=O)=O)c1C. The average Bonchev–Trinajstić information content (AvgIpc) is 2.45. The molecule has 0 aliphatic rings. The summed E-state index contributed by atoms with van der Waals surface area (Å²) in [5.74, 6) is 0. The standard InChI is InChI=1S/C15H26N2O4S2/c1-6-15(16,7-2)10-17-23(20,21)14-9-11(3)8-13(12(14)4)22(5,18)19/h8-9,17H,6-7,10,16H2,1-5H3. The van der Waals surface area contributed by atoms with Gasteiger partial charge in [-0.2, -0.15) is 0 Å². The molecule has 132 valence electrons. The molecule has 0 atom stereocenters. The summed E-state index contributed by atoms with van der Waals surface area (Å²) in [6.45, 7) is 7.07. The number of benzene rings is 1. The van der Waals surface area contributed by atoms with Gasteiger partial charge in [0, 0.05) is 18.3 Å². The molecule has 0 saturated carbocycles. The molecule has 1 aromatic rings. The van der Waals surface area contributed by atoms with E-state index in [0.717, 1.165) is 6.26 Å². The summed E-state index contributed by atoms with van der Waals surface area (Å²) in [7, 11) is -7.35. The third kappa shape index (κ3) is 4.76. The number of aryl methyl sites for hydroxylation is 1. The minimum atomic E-state index is -3.84. The fourth-order valence-corrected chi connectivity index (χ4v) is 4.89. The summed E-state index contributed by atoms with van der Waals surface area (Å²) in [4.78, 5) is 0.00958. The van der Waals surface area contributed by atoms with Crippen molar-refractivity contribution in [3.05, 3.63) is 23.3 Å². The quantitative estimate of drug-likeness (QED) is 0.764. The van der Waals surface area contributed by atoms with Gasteiger partial charge in [-0.15, -0.1) is 0 Å². The van der Waals surface area contributed by atoms with Crippen LogP contribution < -0.4 is 10.5 Å². The van der Waals surface area contributed by atoms with Gasteiger partial charge in [0.1, 0.15) is 0 Å². The van der Waals surface area contributed by atoms with Crippen LogP contribution >= 0.6 is 0 Å². The van der Waals surface area contributed by atoms with Crippen LogP contribution in [0, 0.1) is 13.8 Å². The number of sulfonamides is 1. The Kier molecular flexibility index (Phi) is 6.01. The van der Waals surface area contributed by atoms with Crippen molar-refractivity contribution in [2.24, 2.45) is 5.73 Å². The van der Waals surface area contributed by atoms with Gasteiger partial charge in [0.25, 0.3) is 0 Å². The minimum absolute atomic E-state index is 0.0209. The van der Waals surface area contributed by atoms with Crippen LogP contribution in [-0.2, 0) is 19.9 Å². The zero-order chi connectivity index (χ0) is 18.1. The maximum absolute atomic E-state index is 12.6. The second-order valence-electron chi connectivity index (χ2n) is 6.05. The van der Waals surface area contributed by atoms with Crippen LogP contribution in [0.1, 0.15) is 37.8 Å². The Balaban J connectivity index is 3.33. The highest BCUT2D eigenvalue weighted by Gasteiger charge is 2.27. The molecule has 23 heavy (non-hydrogen) atoms. The van der Waals surface area contributed by atoms with Crippen LogP contribution in [0.3, 0.4) is 0 Å². The normalized spacial score (nSPS) is 13.3. The smallest absolute Gasteiger partial charge is 0.240 e. The van der Waals surface area contributed by atoms with Crippen molar-refractivity contribution >= 4 is 19.9 Å². The summed E-state index contributed by atoms with van der Waals surface area (Å²) < 4.78 is 51.4. The van der Waals surface area contributed by atoms with Crippen molar-refractivity contribution < 1.29 is 16.8 Å². The fraction of sp³-hybridized carbons (Fsp3) is 0.600. The molecule has 0 radical (unpaired) electrons. The second-order valence-corrected chi connectivity index (χ2v) is 9.77. The number of hydrogen-bond acceptors (Lipinski definition) is 5. The molecular weight excluding hydrogens is 336 g/mol. The Hall–Kier alpha value is -0.960. The second kappa shape index (κ2) is 6.88. The van der Waals surface area contributed by atoms with E-state index >= 15 is 0 Å². The van der Waals surface area contributed by atoms with Gasteiger partial charge in [0.2, 0.25) is 10.0 Å². The first-order valence-corrected chi connectivity index (χ1v) is 10.8. The molecule has 0 aliphatic heterocycles. The molecule has 3 N–H and O–H groups in total. The lowest BCUT2D eigenvalue weighted by atomic mass is 9.95. The molecule has 0 fully saturated rings. The first-order valence-electron chi connectivity index (χ1n) is 7.46. The molecule has 0 amide bonds. The van der Waals surface area contributed by atoms with E-state index in [4.69, 9.17) is 5.73 Å². The van der Waals surface area contributed by atoms with Crippen molar-refractivity contribution in [3.8, 4) is 0 Å². The molecule has 0 spiro atoms. The van der Waals surface area contributed by atoms with Gasteiger partial charge >= 0.3 is 0 Å². The fourth-order valence-electron chi connectivity index (χ4n) is 2.27. The zero-order valence-corrected chi connectivity index (χ0v) is 15.9. The molecular formula is C15H26N2O4S2. The summed E-state index contributed by atoms with van der Waals surface area (Å²) in [6, 6.07) is 2.96.